The summed E-state index contributed by atoms with van der Waals surface area (Å²) in [5.74, 6) is -1.52. The number of halogens is 1. The molecule has 0 atom stereocenters. The fourth-order valence-corrected chi connectivity index (χ4v) is 3.28. The molecular weight excluding hydrogens is 359 g/mol. The minimum Gasteiger partial charge on any atom is -0.465 e. The number of rotatable bonds is 5. The molecule has 1 aromatic heterocycles. The van der Waals surface area contributed by atoms with Crippen molar-refractivity contribution in [1.82, 2.24) is 9.47 Å². The summed E-state index contributed by atoms with van der Waals surface area (Å²) in [5, 5.41) is -0.519. The minimum absolute atomic E-state index is 0.177. The monoisotopic (exact) mass is 374 g/mol. The molecule has 2 heterocycles. The molecule has 1 aliphatic rings. The number of esters is 1. The van der Waals surface area contributed by atoms with Crippen molar-refractivity contribution in [2.45, 2.75) is 6.92 Å². The van der Waals surface area contributed by atoms with Crippen molar-refractivity contribution in [3.8, 4) is 5.69 Å². The van der Waals surface area contributed by atoms with E-state index in [4.69, 9.17) is 4.74 Å². The molecular formula is C18H15FN2O4S. The van der Waals surface area contributed by atoms with Gasteiger partial charge in [-0.05, 0) is 61.2 Å². The summed E-state index contributed by atoms with van der Waals surface area (Å²) in [5.41, 5.74) is 1.37. The van der Waals surface area contributed by atoms with E-state index in [1.165, 1.54) is 12.1 Å². The number of ether oxygens (including phenoxy) is 1. The summed E-state index contributed by atoms with van der Waals surface area (Å²) in [6.45, 7) is 1.42. The number of aromatic nitrogens is 1. The van der Waals surface area contributed by atoms with E-state index in [1.807, 2.05) is 0 Å². The van der Waals surface area contributed by atoms with Gasteiger partial charge in [-0.3, -0.25) is 19.3 Å². The van der Waals surface area contributed by atoms with Gasteiger partial charge in [0.15, 0.2) is 0 Å². The van der Waals surface area contributed by atoms with E-state index < -0.39 is 23.7 Å². The Balaban J connectivity index is 1.84. The van der Waals surface area contributed by atoms with E-state index in [-0.39, 0.29) is 17.3 Å². The first-order chi connectivity index (χ1) is 12.5. The molecule has 134 valence electrons. The predicted octanol–water partition coefficient (Wildman–Crippen LogP) is 3.22. The Bertz CT molecular complexity index is 889. The second kappa shape index (κ2) is 7.57. The van der Waals surface area contributed by atoms with Gasteiger partial charge in [0.2, 0.25) is 0 Å². The predicted molar refractivity (Wildman–Crippen MR) is 95.0 cm³/mol. The first-order valence-corrected chi connectivity index (χ1v) is 8.65. The highest BCUT2D eigenvalue weighted by molar-refractivity contribution is 8.18. The highest BCUT2D eigenvalue weighted by Gasteiger charge is 2.36. The van der Waals surface area contributed by atoms with Gasteiger partial charge < -0.3 is 9.30 Å². The fourth-order valence-electron chi connectivity index (χ4n) is 2.45. The molecule has 1 fully saturated rings. The van der Waals surface area contributed by atoms with Crippen LogP contribution in [0.5, 0.6) is 0 Å². The van der Waals surface area contributed by atoms with Gasteiger partial charge in [0.05, 0.1) is 11.5 Å². The molecule has 2 aromatic rings. The molecule has 26 heavy (non-hydrogen) atoms. The van der Waals surface area contributed by atoms with Gasteiger partial charge in [0.1, 0.15) is 12.4 Å². The molecule has 0 N–H and O–H groups in total. The molecule has 1 saturated heterocycles. The standard InChI is InChI=1S/C18H15FN2O4S/c1-2-25-16(22)11-21-17(23)15(26-18(21)24)10-14-4-3-9-20(14)13-7-5-12(19)6-8-13/h3-10H,2,11H2,1H3/b15-10-. The van der Waals surface area contributed by atoms with Crippen molar-refractivity contribution in [2.24, 2.45) is 0 Å². The van der Waals surface area contributed by atoms with Gasteiger partial charge in [-0.15, -0.1) is 0 Å². The quantitative estimate of drug-likeness (QED) is 0.594. The van der Waals surface area contributed by atoms with Crippen LogP contribution in [0.25, 0.3) is 11.8 Å². The molecule has 1 aliphatic heterocycles. The van der Waals surface area contributed by atoms with E-state index >= 15 is 0 Å². The molecule has 3 rings (SSSR count). The molecule has 0 bridgehead atoms. The van der Waals surface area contributed by atoms with E-state index in [0.717, 1.165) is 16.7 Å². The Labute approximate surface area is 153 Å². The Kier molecular flexibility index (Phi) is 5.22. The zero-order valence-corrected chi connectivity index (χ0v) is 14.7. The van der Waals surface area contributed by atoms with Crippen LogP contribution in [0.3, 0.4) is 0 Å². The van der Waals surface area contributed by atoms with Gasteiger partial charge >= 0.3 is 5.97 Å². The highest BCUT2D eigenvalue weighted by atomic mass is 32.2. The largest absolute Gasteiger partial charge is 0.465 e. The van der Waals surface area contributed by atoms with Crippen LogP contribution in [0.2, 0.25) is 0 Å². The number of benzene rings is 1. The number of carbonyl (C=O) groups is 3. The van der Waals surface area contributed by atoms with Crippen molar-refractivity contribution in [1.29, 1.82) is 0 Å². The van der Waals surface area contributed by atoms with E-state index in [1.54, 1.807) is 48.0 Å². The summed E-state index contributed by atoms with van der Waals surface area (Å²) < 4.78 is 19.6. The van der Waals surface area contributed by atoms with Gasteiger partial charge in [0, 0.05) is 17.6 Å². The molecule has 2 amide bonds. The van der Waals surface area contributed by atoms with Crippen molar-refractivity contribution in [3.63, 3.8) is 0 Å². The lowest BCUT2D eigenvalue weighted by molar-refractivity contribution is -0.145. The Hall–Kier alpha value is -2.87. The van der Waals surface area contributed by atoms with E-state index in [0.29, 0.717) is 11.4 Å². The zero-order valence-electron chi connectivity index (χ0n) is 13.8. The van der Waals surface area contributed by atoms with E-state index in [2.05, 4.69) is 0 Å². The molecule has 1 aromatic carbocycles. The molecule has 6 nitrogen and oxygen atoms in total. The summed E-state index contributed by atoms with van der Waals surface area (Å²) in [7, 11) is 0. The van der Waals surface area contributed by atoms with Crippen LogP contribution >= 0.6 is 11.8 Å². The molecule has 0 saturated carbocycles. The number of hydrogen-bond donors (Lipinski definition) is 0. The lowest BCUT2D eigenvalue weighted by Crippen LogP contribution is -2.34. The topological polar surface area (TPSA) is 68.6 Å². The molecule has 0 radical (unpaired) electrons. The third kappa shape index (κ3) is 3.70. The number of hydrogen-bond acceptors (Lipinski definition) is 5. The SMILES string of the molecule is CCOC(=O)CN1C(=O)S/C(=C\c2cccn2-c2ccc(F)cc2)C1=O. The van der Waals surface area contributed by atoms with Crippen molar-refractivity contribution in [2.75, 3.05) is 13.2 Å². The Morgan fingerprint density at radius 1 is 1.23 bits per heavy atom. The first kappa shape index (κ1) is 17.9. The lowest BCUT2D eigenvalue weighted by Gasteiger charge is -2.11. The zero-order chi connectivity index (χ0) is 18.7. The normalized spacial score (nSPS) is 15.8. The van der Waals surface area contributed by atoms with Gasteiger partial charge in [0.25, 0.3) is 11.1 Å². The Morgan fingerprint density at radius 3 is 2.65 bits per heavy atom. The van der Waals surface area contributed by atoms with Crippen LogP contribution in [0, 0.1) is 5.82 Å². The molecule has 8 heteroatoms. The van der Waals surface area contributed by atoms with Gasteiger partial charge in [-0.25, -0.2) is 4.39 Å². The van der Waals surface area contributed by atoms with Crippen molar-refractivity contribution < 1.29 is 23.5 Å². The summed E-state index contributed by atoms with van der Waals surface area (Å²) in [4.78, 5) is 37.1. The number of nitrogens with zero attached hydrogens (tertiary/aromatic N) is 2. The summed E-state index contributed by atoms with van der Waals surface area (Å²) in [6, 6.07) is 9.44. The lowest BCUT2D eigenvalue weighted by atomic mass is 10.3. The number of amides is 2. The fraction of sp³-hybridized carbons (Fsp3) is 0.167. The summed E-state index contributed by atoms with van der Waals surface area (Å²) >= 11 is 0.764. The maximum atomic E-state index is 13.1. The second-order valence-electron chi connectivity index (χ2n) is 5.35. The molecule has 0 unspecified atom stereocenters. The van der Waals surface area contributed by atoms with Crippen LogP contribution in [0.1, 0.15) is 12.6 Å². The highest BCUT2D eigenvalue weighted by Crippen LogP contribution is 2.32. The average molecular weight is 374 g/mol. The second-order valence-corrected chi connectivity index (χ2v) is 6.35. The third-order valence-electron chi connectivity index (χ3n) is 3.63. The minimum atomic E-state index is -0.634. The maximum Gasteiger partial charge on any atom is 0.326 e. The number of thioether (sulfide) groups is 1. The maximum absolute atomic E-state index is 13.1. The Morgan fingerprint density at radius 2 is 1.96 bits per heavy atom. The summed E-state index contributed by atoms with van der Waals surface area (Å²) in [6.07, 6.45) is 3.33. The molecule has 0 spiro atoms. The van der Waals surface area contributed by atoms with Crippen LogP contribution in [-0.2, 0) is 14.3 Å². The van der Waals surface area contributed by atoms with Crippen LogP contribution < -0.4 is 0 Å². The van der Waals surface area contributed by atoms with Gasteiger partial charge in [-0.2, -0.15) is 0 Å². The van der Waals surface area contributed by atoms with Crippen molar-refractivity contribution in [3.05, 3.63) is 59.0 Å². The average Bonchev–Trinajstić information content (AvgIpc) is 3.16. The number of carbonyl (C=O) groups excluding carboxylic acids is 3. The molecule has 0 aliphatic carbocycles. The third-order valence-corrected chi connectivity index (χ3v) is 4.54. The smallest absolute Gasteiger partial charge is 0.326 e. The van der Waals surface area contributed by atoms with Crippen LogP contribution in [-0.4, -0.2) is 39.7 Å². The van der Waals surface area contributed by atoms with Gasteiger partial charge in [-0.1, -0.05) is 0 Å². The van der Waals surface area contributed by atoms with E-state index in [9.17, 15) is 18.8 Å². The first-order valence-electron chi connectivity index (χ1n) is 7.84. The number of imide groups is 1. The van der Waals surface area contributed by atoms with Crippen LogP contribution in [0.15, 0.2) is 47.5 Å². The van der Waals surface area contributed by atoms with Crippen LogP contribution in [0.4, 0.5) is 9.18 Å². The van der Waals surface area contributed by atoms with Crippen molar-refractivity contribution >= 4 is 35.0 Å².